The van der Waals surface area contributed by atoms with Crippen molar-refractivity contribution < 1.29 is 14.2 Å². The minimum Gasteiger partial charge on any atom is -0.416 e. The Morgan fingerprint density at radius 1 is 0.818 bits per heavy atom. The lowest BCUT2D eigenvalue weighted by Gasteiger charge is -2.34. The van der Waals surface area contributed by atoms with Crippen LogP contribution >= 0.6 is 0 Å². The summed E-state index contributed by atoms with van der Waals surface area (Å²) in [7, 11) is 1.49. The number of piperidine rings is 1. The monoisotopic (exact) mass is 441 g/mol. The maximum absolute atomic E-state index is 5.93. The highest BCUT2D eigenvalue weighted by molar-refractivity contribution is 5.61. The maximum Gasteiger partial charge on any atom is 0.248 e. The van der Waals surface area contributed by atoms with Crippen molar-refractivity contribution in [1.29, 1.82) is 0 Å². The molecule has 0 saturated carbocycles. The zero-order valence-corrected chi connectivity index (χ0v) is 18.7. The number of rotatable bonds is 7. The van der Waals surface area contributed by atoms with Gasteiger partial charge in [0.15, 0.2) is 0 Å². The molecule has 3 aromatic carbocycles. The van der Waals surface area contributed by atoms with E-state index in [4.69, 9.17) is 9.30 Å². The van der Waals surface area contributed by atoms with E-state index < -0.39 is 0 Å². The molecule has 2 heterocycles. The van der Waals surface area contributed by atoms with Gasteiger partial charge in [-0.15, -0.1) is 10.2 Å². The molecule has 1 saturated heterocycles. The summed E-state index contributed by atoms with van der Waals surface area (Å²) < 4.78 is 5.93. The number of aromatic nitrogens is 2. The second-order valence-electron chi connectivity index (χ2n) is 8.26. The van der Waals surface area contributed by atoms with Gasteiger partial charge in [-0.2, -0.15) is 0 Å². The van der Waals surface area contributed by atoms with Gasteiger partial charge >= 0.3 is 0 Å². The van der Waals surface area contributed by atoms with E-state index in [1.807, 2.05) is 24.3 Å². The van der Waals surface area contributed by atoms with Crippen LogP contribution in [0.3, 0.4) is 0 Å². The summed E-state index contributed by atoms with van der Waals surface area (Å²) in [6.45, 7) is 2.52. The summed E-state index contributed by atoms with van der Waals surface area (Å²) >= 11 is 0. The molecule has 4 aromatic rings. The Morgan fingerprint density at radius 2 is 1.42 bits per heavy atom. The van der Waals surface area contributed by atoms with Gasteiger partial charge in [-0.1, -0.05) is 42.5 Å². The van der Waals surface area contributed by atoms with Crippen molar-refractivity contribution in [2.45, 2.75) is 25.4 Å². The molecule has 0 spiro atoms. The predicted molar refractivity (Wildman–Crippen MR) is 128 cm³/mol. The van der Waals surface area contributed by atoms with Crippen LogP contribution in [-0.4, -0.2) is 30.4 Å². The highest BCUT2D eigenvalue weighted by atomic mass is 17.2. The van der Waals surface area contributed by atoms with E-state index in [0.29, 0.717) is 24.3 Å². The molecule has 1 aliphatic rings. The molecular formula is C27H27N3O3. The smallest absolute Gasteiger partial charge is 0.248 e. The van der Waals surface area contributed by atoms with E-state index in [-0.39, 0.29) is 0 Å². The van der Waals surface area contributed by atoms with Crippen LogP contribution in [0.2, 0.25) is 0 Å². The molecule has 1 aromatic heterocycles. The summed E-state index contributed by atoms with van der Waals surface area (Å²) in [4.78, 5) is 12.0. The van der Waals surface area contributed by atoms with Crippen LogP contribution in [0.5, 0.6) is 0 Å². The lowest BCUT2D eigenvalue weighted by molar-refractivity contribution is -0.282. The van der Waals surface area contributed by atoms with Crippen molar-refractivity contribution in [1.82, 2.24) is 10.2 Å². The zero-order valence-electron chi connectivity index (χ0n) is 18.7. The van der Waals surface area contributed by atoms with Crippen LogP contribution < -0.4 is 4.90 Å². The number of nitrogens with zero attached hydrogens (tertiary/aromatic N) is 3. The van der Waals surface area contributed by atoms with Crippen LogP contribution in [0, 0.1) is 0 Å². The fourth-order valence-electron chi connectivity index (χ4n) is 4.34. The van der Waals surface area contributed by atoms with Crippen molar-refractivity contribution in [2.24, 2.45) is 0 Å². The number of anilines is 1. The Morgan fingerprint density at radius 3 is 2.03 bits per heavy atom. The van der Waals surface area contributed by atoms with Gasteiger partial charge in [0.2, 0.25) is 11.8 Å². The number of hydrogen-bond donors (Lipinski definition) is 0. The van der Waals surface area contributed by atoms with Crippen molar-refractivity contribution in [3.8, 4) is 22.9 Å². The van der Waals surface area contributed by atoms with E-state index in [0.717, 1.165) is 29.8 Å². The Labute approximate surface area is 193 Å². The molecule has 0 bridgehead atoms. The summed E-state index contributed by atoms with van der Waals surface area (Å²) in [6, 6.07) is 27.0. The van der Waals surface area contributed by atoms with E-state index in [1.54, 1.807) is 0 Å². The third-order valence-corrected chi connectivity index (χ3v) is 6.21. The van der Waals surface area contributed by atoms with Crippen LogP contribution in [0.4, 0.5) is 5.69 Å². The zero-order chi connectivity index (χ0) is 22.5. The van der Waals surface area contributed by atoms with E-state index in [1.165, 1.54) is 31.2 Å². The second kappa shape index (κ2) is 9.98. The van der Waals surface area contributed by atoms with Crippen molar-refractivity contribution in [2.75, 3.05) is 25.1 Å². The van der Waals surface area contributed by atoms with Crippen LogP contribution in [0.15, 0.2) is 83.3 Å². The van der Waals surface area contributed by atoms with E-state index in [2.05, 4.69) is 74.6 Å². The first-order chi connectivity index (χ1) is 16.3. The lowest BCUT2D eigenvalue weighted by atomic mass is 9.89. The standard InChI is InChI=1S/C27H27N3O3/c1-31-32-19-20-7-9-23(10-8-20)26-28-29-27(33-26)24-11-13-25(14-12-24)30-17-15-22(16-18-30)21-5-3-2-4-6-21/h2-14,22H,15-19H2,1H3. The van der Waals surface area contributed by atoms with Crippen LogP contribution in [-0.2, 0) is 16.4 Å². The molecule has 0 atom stereocenters. The Balaban J connectivity index is 1.22. The first-order valence-corrected chi connectivity index (χ1v) is 11.3. The maximum atomic E-state index is 5.93. The molecule has 5 rings (SSSR count). The van der Waals surface area contributed by atoms with Crippen LogP contribution in [0.25, 0.3) is 22.9 Å². The van der Waals surface area contributed by atoms with Gasteiger partial charge in [0.05, 0.1) is 7.11 Å². The largest absolute Gasteiger partial charge is 0.416 e. The molecule has 6 nitrogen and oxygen atoms in total. The van der Waals surface area contributed by atoms with Crippen LogP contribution in [0.1, 0.15) is 29.9 Å². The van der Waals surface area contributed by atoms with E-state index in [9.17, 15) is 0 Å². The quantitative estimate of drug-likeness (QED) is 0.264. The van der Waals surface area contributed by atoms with Gasteiger partial charge in [0.1, 0.15) is 6.61 Å². The topological polar surface area (TPSA) is 60.6 Å². The molecule has 0 aliphatic carbocycles. The summed E-state index contributed by atoms with van der Waals surface area (Å²) in [5, 5.41) is 8.47. The lowest BCUT2D eigenvalue weighted by Crippen LogP contribution is -2.32. The number of hydrogen-bond acceptors (Lipinski definition) is 6. The Kier molecular flexibility index (Phi) is 6.46. The fourth-order valence-corrected chi connectivity index (χ4v) is 4.34. The first-order valence-electron chi connectivity index (χ1n) is 11.3. The van der Waals surface area contributed by atoms with Gasteiger partial charge in [-0.05, 0) is 66.3 Å². The van der Waals surface area contributed by atoms with Crippen molar-refractivity contribution in [3.63, 3.8) is 0 Å². The van der Waals surface area contributed by atoms with Gasteiger partial charge in [-0.3, -0.25) is 0 Å². The first kappa shape index (κ1) is 21.4. The summed E-state index contributed by atoms with van der Waals surface area (Å²) in [5.41, 5.74) is 5.48. The molecule has 0 unspecified atom stereocenters. The molecule has 1 fully saturated rings. The average Bonchev–Trinajstić information content (AvgIpc) is 3.39. The molecule has 33 heavy (non-hydrogen) atoms. The second-order valence-corrected chi connectivity index (χ2v) is 8.26. The number of benzene rings is 3. The van der Waals surface area contributed by atoms with Crippen molar-refractivity contribution >= 4 is 5.69 Å². The molecule has 1 aliphatic heterocycles. The van der Waals surface area contributed by atoms with E-state index >= 15 is 0 Å². The van der Waals surface area contributed by atoms with Gasteiger partial charge in [0.25, 0.3) is 0 Å². The van der Waals surface area contributed by atoms with Crippen molar-refractivity contribution in [3.05, 3.63) is 90.0 Å². The molecule has 168 valence electrons. The molecule has 0 amide bonds. The highest BCUT2D eigenvalue weighted by Crippen LogP contribution is 2.31. The third kappa shape index (κ3) is 4.97. The Hall–Kier alpha value is -3.48. The summed E-state index contributed by atoms with van der Waals surface area (Å²) in [5.74, 6) is 1.67. The fraction of sp³-hybridized carbons (Fsp3) is 0.259. The summed E-state index contributed by atoms with van der Waals surface area (Å²) in [6.07, 6.45) is 2.35. The highest BCUT2D eigenvalue weighted by Gasteiger charge is 2.21. The molecule has 0 N–H and O–H groups in total. The average molecular weight is 442 g/mol. The van der Waals surface area contributed by atoms with Gasteiger partial charge in [0, 0.05) is 29.9 Å². The molecular weight excluding hydrogens is 414 g/mol. The minimum atomic E-state index is 0.391. The van der Waals surface area contributed by atoms with Gasteiger partial charge < -0.3 is 9.32 Å². The molecule has 0 radical (unpaired) electrons. The minimum absolute atomic E-state index is 0.391. The predicted octanol–water partition coefficient (Wildman–Crippen LogP) is 5.87. The van der Waals surface area contributed by atoms with Gasteiger partial charge in [-0.25, -0.2) is 9.78 Å². The SMILES string of the molecule is COOCc1ccc(-c2nnc(-c3ccc(N4CCC(c5ccccc5)CC4)cc3)o2)cc1. The Bertz CT molecular complexity index is 1150. The normalized spacial score (nSPS) is 14.5. The molecule has 6 heteroatoms. The third-order valence-electron chi connectivity index (χ3n) is 6.21.